The first-order valence-electron chi connectivity index (χ1n) is 44.8. The molecule has 15 amide bonds. The van der Waals surface area contributed by atoms with E-state index in [0.717, 1.165) is 43.7 Å². The Balaban J connectivity index is 1.15. The molecule has 16 N–H and O–H groups in total. The molecular weight excluding hydrogens is 1800 g/mol. The van der Waals surface area contributed by atoms with Crippen molar-refractivity contribution in [3.8, 4) is 5.75 Å². The van der Waals surface area contributed by atoms with E-state index in [9.17, 15) is 62.8 Å². The predicted molar refractivity (Wildman–Crippen MR) is 487 cm³/mol. The van der Waals surface area contributed by atoms with Gasteiger partial charge in [-0.1, -0.05) is 120 Å². The van der Waals surface area contributed by atoms with Gasteiger partial charge in [0.2, 0.25) is 88.6 Å². The number of benzene rings is 5. The zero-order chi connectivity index (χ0) is 99.6. The van der Waals surface area contributed by atoms with Gasteiger partial charge in [0, 0.05) is 102 Å². The van der Waals surface area contributed by atoms with Crippen molar-refractivity contribution >= 4 is 123 Å². The Bertz CT molecular complexity index is 5310. The van der Waals surface area contributed by atoms with Gasteiger partial charge in [0.25, 0.3) is 0 Å². The number of carbonyl (C=O) groups is 17. The van der Waals surface area contributed by atoms with Crippen LogP contribution in [-0.2, 0) is 114 Å². The Morgan fingerprint density at radius 1 is 0.537 bits per heavy atom. The van der Waals surface area contributed by atoms with Crippen molar-refractivity contribution in [2.45, 2.75) is 222 Å². The van der Waals surface area contributed by atoms with Crippen molar-refractivity contribution < 1.29 is 119 Å². The molecule has 3 saturated heterocycles. The number of fused-ring (bicyclic) bond motifs is 3. The fourth-order valence-corrected chi connectivity index (χ4v) is 17.5. The van der Waals surface area contributed by atoms with Crippen LogP contribution in [0.1, 0.15) is 133 Å². The molecule has 3 aliphatic heterocycles. The summed E-state index contributed by atoms with van der Waals surface area (Å²) in [6, 6.07) is 3.76. The summed E-state index contributed by atoms with van der Waals surface area (Å²) in [5.41, 5.74) is 7.02. The maximum atomic E-state index is 15.7. The third-order valence-electron chi connectivity index (χ3n) is 24.0. The summed E-state index contributed by atoms with van der Waals surface area (Å²) < 4.78 is 59.8. The van der Waals surface area contributed by atoms with E-state index in [1.165, 1.54) is 64.3 Å². The summed E-state index contributed by atoms with van der Waals surface area (Å²) in [4.78, 5) is 258. The first kappa shape index (κ1) is 106. The van der Waals surface area contributed by atoms with Gasteiger partial charge in [-0.15, -0.1) is 11.8 Å². The van der Waals surface area contributed by atoms with Gasteiger partial charge in [0.1, 0.15) is 90.1 Å². The van der Waals surface area contributed by atoms with Crippen LogP contribution in [0.3, 0.4) is 0 Å². The molecule has 0 spiro atoms. The van der Waals surface area contributed by atoms with Crippen LogP contribution in [0, 0.1) is 35.1 Å². The number of carboxylic acids is 2. The molecule has 734 valence electrons. The number of aliphatic hydroxyl groups is 1. The number of hydrogen-bond acceptors (Lipinski definition) is 20. The number of nitrogens with one attached hydrogen (secondary N) is 10. The number of nitrogens with two attached hydrogens (primary N) is 1. The molecule has 4 heterocycles. The molecule has 3 fully saturated rings. The van der Waals surface area contributed by atoms with E-state index >= 15 is 56.7 Å². The topological polar surface area (TPSA) is 537 Å². The minimum absolute atomic E-state index is 0.0704. The molecule has 0 radical (unpaired) electrons. The van der Waals surface area contributed by atoms with Crippen molar-refractivity contribution in [1.29, 1.82) is 0 Å². The molecule has 136 heavy (non-hydrogen) atoms. The van der Waals surface area contributed by atoms with Gasteiger partial charge in [-0.25, -0.2) is 17.6 Å². The summed E-state index contributed by atoms with van der Waals surface area (Å²) >= 11 is 0.623. The highest BCUT2D eigenvalue weighted by Gasteiger charge is 2.48. The van der Waals surface area contributed by atoms with Crippen LogP contribution in [0.2, 0.25) is 0 Å². The van der Waals surface area contributed by atoms with Gasteiger partial charge in [-0.3, -0.25) is 81.5 Å². The standard InChI is InChI=1S/C94H118F4N16O21S/c1-9-10-22-72-93(134)114-47-59(116)43-74(114)89(130)107-68(44-79(121)122)86(127)109-81(51(4)5)94(135)111(7)73(40-52-18-12-11-13-19-52)88(129)103-64(32-33-78(119)120)91(132)113-34-17-16-23-71(113)87(128)106-67(42-56-45-100-63-21-15-14-20-60(56)63)85(126)105-66(38-53-26-30-58(115)31-27-53)84(125)104-65(35-50(2)3)83(124)108-70(82(123)101-46-76(99)117)48-136-49-77(118)102-69(39-55-36-61(96)80(98)62(97)37-55)90(131)112(8)75(92(133)110(72)6)41-54-24-28-57(95)29-25-54/h11-15,18-21,24-31,36-37,45,50-51,59,64-75,81,100,115-116H,9-10,16-17,22-23,32-35,38-44,46-49H2,1-8H3,(H2,99,117)(H,101,123)(H,102,118)(H,103,129)(H,104,125)(H,105,126)(H,106,128)(H,107,130)(H,108,124)(H,109,127)(H,119,120)(H,121,122)/t59-,64-,65-,66-,67+,68-,69-,70-,71+,72-,73-,74+,75-,81+/m0/s1. The number of aromatic nitrogens is 1. The molecule has 0 unspecified atom stereocenters. The number of aromatic hydroxyl groups is 1. The maximum absolute atomic E-state index is 15.7. The van der Waals surface area contributed by atoms with Crippen molar-refractivity contribution in [2.24, 2.45) is 17.6 Å². The number of carboxylic acid groups (broad SMARTS) is 2. The van der Waals surface area contributed by atoms with Gasteiger partial charge in [-0.05, 0) is 121 Å². The van der Waals surface area contributed by atoms with Crippen molar-refractivity contribution in [3.63, 3.8) is 0 Å². The van der Waals surface area contributed by atoms with E-state index in [0.29, 0.717) is 64.3 Å². The molecule has 0 saturated carbocycles. The predicted octanol–water partition coefficient (Wildman–Crippen LogP) is 2.23. The van der Waals surface area contributed by atoms with Crippen LogP contribution in [0.5, 0.6) is 5.75 Å². The second-order valence-electron chi connectivity index (χ2n) is 35.1. The summed E-state index contributed by atoms with van der Waals surface area (Å²) in [6.07, 6.45) is -4.70. The van der Waals surface area contributed by atoms with Gasteiger partial charge in [-0.2, -0.15) is 0 Å². The Kier molecular flexibility index (Phi) is 38.7. The maximum Gasteiger partial charge on any atom is 0.305 e. The summed E-state index contributed by atoms with van der Waals surface area (Å²) in [6.45, 7) is 6.49. The zero-order valence-corrected chi connectivity index (χ0v) is 77.4. The lowest BCUT2D eigenvalue weighted by Crippen LogP contribution is -2.63. The quantitative estimate of drug-likeness (QED) is 0.0305. The average Bonchev–Trinajstić information content (AvgIpc) is 1.58. The second kappa shape index (κ2) is 49.6. The molecule has 6 aromatic rings. The number of H-pyrrole nitrogens is 1. The Labute approximate surface area is 786 Å². The fraction of sp³-hybridized carbons (Fsp3) is 0.479. The average molecular weight is 1920 g/mol. The summed E-state index contributed by atoms with van der Waals surface area (Å²) in [7, 11) is 3.46. The highest BCUT2D eigenvalue weighted by Crippen LogP contribution is 2.29. The number of likely N-dealkylation sites (N-methyl/N-ethyl adjacent to an activating group) is 3. The second-order valence-corrected chi connectivity index (χ2v) is 36.1. The van der Waals surface area contributed by atoms with E-state index < -0.39 is 289 Å². The molecule has 1 aromatic heterocycles. The van der Waals surface area contributed by atoms with E-state index in [-0.39, 0.29) is 69.2 Å². The number of nitrogens with zero attached hydrogens (tertiary/aromatic N) is 5. The Morgan fingerprint density at radius 2 is 1.10 bits per heavy atom. The SMILES string of the molecule is CCCC[C@H]1C(=O)N2C[C@@H](O)C[C@@H]2C(=O)N[C@@H](CC(=O)O)C(=O)N[C@H](C(C)C)C(=O)N(C)[C@@H](Cc2ccccc2)C(=O)N[C@@H](CCC(=O)O)C(=O)N2CCCC[C@@H]2C(=O)N[C@H](Cc2c[nH]c3ccccc23)C(=O)N[C@@H](Cc2ccc(O)cc2)C(=O)N[C@@H](CC(C)C)C(=O)N[C@H](C(=O)NCC(N)=O)CSCC(=O)N[C@@H](Cc2cc(F)c(F)c(F)c2)C(=O)N(C)[C@@H](Cc2ccc(F)cc2)C(=O)N1C. The number of halogens is 4. The number of phenolic OH excluding ortho intramolecular Hbond substituents is 1. The number of piperidine rings is 1. The molecule has 42 heteroatoms. The number of unbranched alkanes of at least 4 members (excludes halogenated alkanes) is 1. The highest BCUT2D eigenvalue weighted by atomic mass is 32.2. The van der Waals surface area contributed by atoms with Crippen molar-refractivity contribution in [3.05, 3.63) is 173 Å². The number of amides is 15. The van der Waals surface area contributed by atoms with Crippen molar-refractivity contribution in [2.75, 3.05) is 52.3 Å². The number of carbonyl (C=O) groups excluding carboxylic acids is 15. The van der Waals surface area contributed by atoms with E-state index in [1.54, 1.807) is 81.6 Å². The molecular formula is C94H118F4N16O21S. The number of hydrogen-bond donors (Lipinski definition) is 15. The number of para-hydroxylation sites is 1. The number of primary amides is 1. The number of thioether (sulfide) groups is 1. The molecule has 37 nitrogen and oxygen atoms in total. The minimum Gasteiger partial charge on any atom is -0.508 e. The van der Waals surface area contributed by atoms with Gasteiger partial charge in [0.15, 0.2) is 17.5 Å². The third kappa shape index (κ3) is 29.5. The van der Waals surface area contributed by atoms with Crippen LogP contribution >= 0.6 is 11.8 Å². The number of aliphatic hydroxyl groups excluding tert-OH is 1. The van der Waals surface area contributed by atoms with E-state index in [2.05, 4.69) is 52.8 Å². The Hall–Kier alpha value is -13.5. The fourth-order valence-electron chi connectivity index (χ4n) is 16.6. The minimum atomic E-state index is -2.08. The largest absolute Gasteiger partial charge is 0.508 e. The summed E-state index contributed by atoms with van der Waals surface area (Å²) in [5, 5.41) is 66.1. The number of aliphatic carboxylic acids is 2. The highest BCUT2D eigenvalue weighted by molar-refractivity contribution is 8.00. The normalized spacial score (nSPS) is 24.0. The van der Waals surface area contributed by atoms with Crippen molar-refractivity contribution in [1.82, 2.24) is 77.3 Å². The monoisotopic (exact) mass is 1910 g/mol. The number of rotatable bonds is 24. The lowest BCUT2D eigenvalue weighted by Gasteiger charge is -2.38. The van der Waals surface area contributed by atoms with E-state index in [1.807, 2.05) is 0 Å². The number of phenols is 1. The lowest BCUT2D eigenvalue weighted by molar-refractivity contribution is -0.152. The first-order chi connectivity index (χ1) is 64.5. The Morgan fingerprint density at radius 3 is 1.74 bits per heavy atom. The van der Waals surface area contributed by atoms with Gasteiger partial charge < -0.3 is 103 Å². The molecule has 14 atom stereocenters. The molecule has 0 bridgehead atoms. The zero-order valence-electron chi connectivity index (χ0n) is 76.6. The molecule has 0 aliphatic carbocycles. The summed E-state index contributed by atoms with van der Waals surface area (Å²) in [5.74, 6) is -28.0. The van der Waals surface area contributed by atoms with Crippen LogP contribution in [0.4, 0.5) is 17.6 Å². The van der Waals surface area contributed by atoms with Crippen LogP contribution < -0.4 is 53.6 Å². The van der Waals surface area contributed by atoms with Crippen LogP contribution in [-0.4, -0.2) is 287 Å². The molecule has 9 rings (SSSR count). The smallest absolute Gasteiger partial charge is 0.305 e. The third-order valence-corrected chi connectivity index (χ3v) is 25.0. The van der Waals surface area contributed by atoms with Crippen LogP contribution in [0.15, 0.2) is 121 Å². The van der Waals surface area contributed by atoms with E-state index in [4.69, 9.17) is 5.73 Å². The molecule has 5 aromatic carbocycles. The van der Waals surface area contributed by atoms with Gasteiger partial charge in [0.05, 0.1) is 24.8 Å². The first-order valence-corrected chi connectivity index (χ1v) is 46.0. The molecule has 3 aliphatic rings. The lowest BCUT2D eigenvalue weighted by atomic mass is 9.97. The number of aromatic amines is 1. The van der Waals surface area contributed by atoms with Gasteiger partial charge >= 0.3 is 11.9 Å². The van der Waals surface area contributed by atoms with Crippen LogP contribution in [0.25, 0.3) is 10.9 Å².